The number of hydrogen-bond donors (Lipinski definition) is 0. The van der Waals surface area contributed by atoms with Gasteiger partial charge in [0.15, 0.2) is 16.1 Å². The van der Waals surface area contributed by atoms with Gasteiger partial charge in [-0.15, -0.1) is 11.1 Å². The van der Waals surface area contributed by atoms with Gasteiger partial charge < -0.3 is 5.92 Å². The van der Waals surface area contributed by atoms with Crippen molar-refractivity contribution in [2.75, 3.05) is 0 Å². The van der Waals surface area contributed by atoms with E-state index in [1.54, 1.807) is 208 Å². The second kappa shape index (κ2) is 66.3. The molecule has 19 aromatic rings. The zero-order valence-electron chi connectivity index (χ0n) is 77.3. The van der Waals surface area contributed by atoms with Crippen LogP contribution in [0.15, 0.2) is 428 Å². The fourth-order valence-electron chi connectivity index (χ4n) is 15.9. The molecular weight excluding hydrogens is 2600 g/mol. The summed E-state index contributed by atoms with van der Waals surface area (Å²) in [5.74, 6) is 1.42. The third-order valence-electron chi connectivity index (χ3n) is 21.4. The molecule has 0 radical (unpaired) electrons. The van der Waals surface area contributed by atoms with Gasteiger partial charge in [0, 0.05) is 331 Å². The first-order chi connectivity index (χ1) is 71.8. The summed E-state index contributed by atoms with van der Waals surface area (Å²) in [6, 6.07) is 139. The fraction of sp³-hybridized carbons (Fsp3) is 0.0388. The van der Waals surface area contributed by atoms with E-state index in [-0.39, 0.29) is 26.3 Å². The molecule has 148 heavy (non-hydrogen) atoms. The van der Waals surface area contributed by atoms with Crippen molar-refractivity contribution in [3.8, 4) is 45.6 Å². The second-order valence-electron chi connectivity index (χ2n) is 30.4. The van der Waals surface area contributed by atoms with Gasteiger partial charge in [0.05, 0.1) is 67.6 Å². The molecule has 45 heteroatoms. The van der Waals surface area contributed by atoms with Crippen molar-refractivity contribution in [3.05, 3.63) is 434 Å². The van der Waals surface area contributed by atoms with Crippen molar-refractivity contribution in [1.82, 2.24) is 39.9 Å². The number of halogens is 3. The van der Waals surface area contributed by atoms with E-state index >= 15 is 0 Å². The van der Waals surface area contributed by atoms with Gasteiger partial charge in [0.25, 0.3) is 0 Å². The van der Waals surface area contributed by atoms with Crippen LogP contribution in [0.1, 0.15) is 28.2 Å². The molecule has 8 aromatic heterocycles. The maximum Gasteiger partial charge on any atom is 1.00 e. The number of benzene rings is 11. The Hall–Kier alpha value is -5.24. The molecular formula is C103H82Br2ClLiN8S30Si3. The van der Waals surface area contributed by atoms with E-state index in [1.165, 1.54) is 98.5 Å². The van der Waals surface area contributed by atoms with Gasteiger partial charge in [-0.3, -0.25) is 19.9 Å². The van der Waals surface area contributed by atoms with Crippen LogP contribution in [0.3, 0.4) is 0 Å². The van der Waals surface area contributed by atoms with Crippen molar-refractivity contribution >= 4 is 443 Å². The minimum Gasteiger partial charge on any atom is -0.323 e. The standard InChI is InChI=1S/C58H42N4Si2.C22H12Br2N4.C18H15ClSi.C4H9.CH4.Li.S18.S12/c1-7-23-43(24-8-1)63(44-25-9-2-10-26-44,45-27-11-3-12-28-45)55-41-53(51-35-19-21-39-59-51)61-57-49(55)37-38-50-56(42-54(62-58(50)57)52-36-20-22-40-60-52)64(46-29-13-4-14-30-46,47-31-15-5-16-32-47)48-33-17-6-18-34-48;23-15-11-19(17-5-1-3-9-25-17)27-21-13(15)7-8-14-16(24)12-20(28-22(14)21)18-6-2-4-10-26-18;19-20(16-10-4-1-5-11-16,17-12-6-2-7-13-17)18-14-8-3-9-15-18;1-4(2)3;;;1-3-5-7-9-11-13-15-17-18-16-14-12-10-8-6-4-2;1-3-5-7-9-11-12-10-8-6-4-2/h1-42H;1-12H;1-15H;1-3H3;1H4;;;/q;;;-1;;+1;;. The summed E-state index contributed by atoms with van der Waals surface area (Å²) < 4.78 is 1.92. The largest absolute Gasteiger partial charge is 1.00 e. The van der Waals surface area contributed by atoms with Gasteiger partial charge in [0.1, 0.15) is 0 Å². The van der Waals surface area contributed by atoms with Crippen molar-refractivity contribution in [2.45, 2.75) is 28.2 Å². The smallest absolute Gasteiger partial charge is 0.323 e. The predicted octanol–water partition coefficient (Wildman–Crippen LogP) is 16.2. The van der Waals surface area contributed by atoms with Gasteiger partial charge in [0.2, 0.25) is 7.38 Å². The van der Waals surface area contributed by atoms with Crippen LogP contribution in [0.5, 0.6) is 0 Å². The first kappa shape index (κ1) is 121. The molecule has 748 valence electrons. The molecule has 0 aliphatic carbocycles. The van der Waals surface area contributed by atoms with E-state index in [2.05, 4.69) is 388 Å². The van der Waals surface area contributed by atoms with E-state index < -0.39 is 23.5 Å². The van der Waals surface area contributed by atoms with E-state index in [9.17, 15) is 0 Å². The maximum absolute atomic E-state index is 7.25. The van der Waals surface area contributed by atoms with Crippen LogP contribution >= 0.6 is 42.9 Å². The Kier molecular flexibility index (Phi) is 54.4. The van der Waals surface area contributed by atoms with E-state index in [0.717, 1.165) is 98.1 Å². The number of nitrogens with zero attached hydrogens (tertiary/aromatic N) is 8. The third kappa shape index (κ3) is 33.4. The first-order valence-corrected chi connectivity index (χ1v) is 89.1. The average molecular weight is 2680 g/mol. The average Bonchev–Trinajstić information content (AvgIpc) is 0.698. The van der Waals surface area contributed by atoms with Crippen LogP contribution in [0.4, 0.5) is 0 Å². The zero-order chi connectivity index (χ0) is 102. The monoisotopic (exact) mass is 2670 g/mol. The third-order valence-corrected chi connectivity index (χ3v) is 91.0. The number of aromatic nitrogens is 8. The molecule has 0 atom stereocenters. The summed E-state index contributed by atoms with van der Waals surface area (Å²) in [6.07, 6.45) is 7.25. The van der Waals surface area contributed by atoms with E-state index in [4.69, 9.17) is 63.4 Å². The molecule has 8 nitrogen and oxygen atoms in total. The number of pyridine rings is 8. The first-order valence-electron chi connectivity index (χ1n) is 43.2. The Labute approximate surface area is 993 Å². The second-order valence-corrected chi connectivity index (χ2v) is 90.4. The summed E-state index contributed by atoms with van der Waals surface area (Å²) in [6.45, 7) is 6.25. The molecule has 8 heterocycles. The summed E-state index contributed by atoms with van der Waals surface area (Å²) in [4.78, 5) is 40.0. The van der Waals surface area contributed by atoms with Gasteiger partial charge in [-0.1, -0.05) is 361 Å². The number of rotatable bonds is 15. The van der Waals surface area contributed by atoms with Crippen LogP contribution in [0, 0.1) is 5.92 Å². The van der Waals surface area contributed by atoms with Gasteiger partial charge in [-0.2, -0.15) is 20.8 Å². The van der Waals surface area contributed by atoms with Crippen molar-refractivity contribution in [3.63, 3.8) is 0 Å². The molecule has 0 spiro atoms. The summed E-state index contributed by atoms with van der Waals surface area (Å²) in [5.41, 5.74) is 9.80. The molecule has 0 aliphatic rings. The topological polar surface area (TPSA) is 103 Å². The fourth-order valence-corrected chi connectivity index (χ4v) is 91.4. The SMILES string of the molecule is Brc1cc(-c2ccccn2)nc2c1ccc1c(Br)cc(-c3ccccn3)nc12.C.C[C-](C)C.Cl[Si](c1ccccc1)(c1ccccc1)c1ccccc1.S=S=S=S=S=S=S=S=S=S=S=S.S=S=S=S=S=S=S=S=S=S=S=S=S=S=S=S=S=S.[Li+].c1ccc([Si](c2ccccc2)(c2ccccc2)c2cc(-c3ccccn3)nc3c2ccc2c([Si](c4ccccc4)(c4ccccc4)c4ccccc4)cc(-c4ccccn4)nc23)cc1. The summed E-state index contributed by atoms with van der Waals surface area (Å²) in [5, 5.41) is 18.0. The molecule has 0 N–H and O–H groups in total. The quantitative estimate of drug-likeness (QED) is 0.0321. The van der Waals surface area contributed by atoms with Crippen LogP contribution in [0.25, 0.3) is 89.2 Å². The van der Waals surface area contributed by atoms with Crippen LogP contribution < -0.4 is 75.9 Å². The van der Waals surface area contributed by atoms with Gasteiger partial charge in [-0.05, 0) is 130 Å². The molecule has 11 aromatic carbocycles. The molecule has 0 aliphatic heterocycles. The molecule has 0 saturated heterocycles. The number of hydrogen-bond acceptors (Lipinski definition) is 12. The molecule has 19 rings (SSSR count). The molecule has 0 amide bonds. The predicted molar refractivity (Wildman–Crippen MR) is 727 cm³/mol. The van der Waals surface area contributed by atoms with Crippen LogP contribution in [0.2, 0.25) is 0 Å². The van der Waals surface area contributed by atoms with E-state index in [1.807, 2.05) is 103 Å². The zero-order valence-corrected chi connectivity index (χ0v) is 109. The minimum absolute atomic E-state index is 0. The molecule has 0 saturated carbocycles. The van der Waals surface area contributed by atoms with Crippen LogP contribution in [-0.4, -0.2) is 63.4 Å². The molecule has 0 fully saturated rings. The maximum atomic E-state index is 7.25. The van der Waals surface area contributed by atoms with E-state index in [0.29, 0.717) is 0 Å². The van der Waals surface area contributed by atoms with Gasteiger partial charge in [-0.25, -0.2) is 19.9 Å². The van der Waals surface area contributed by atoms with Crippen molar-refractivity contribution in [2.24, 2.45) is 0 Å². The Morgan fingerprint density at radius 1 is 0.223 bits per heavy atom. The van der Waals surface area contributed by atoms with Gasteiger partial charge >= 0.3 is 18.9 Å². The molecule has 0 unspecified atom stereocenters. The molecule has 0 bridgehead atoms. The summed E-state index contributed by atoms with van der Waals surface area (Å²) in [7, 11) is 34.9. The Balaban J connectivity index is 0.000000190. The Morgan fingerprint density at radius 3 is 0.581 bits per heavy atom. The summed E-state index contributed by atoms with van der Waals surface area (Å²) >= 11 is 33.5. The van der Waals surface area contributed by atoms with Crippen molar-refractivity contribution < 1.29 is 18.9 Å². The minimum atomic E-state index is -3.10. The van der Waals surface area contributed by atoms with Crippen LogP contribution in [-0.2, 0) is 276 Å². The normalized spacial score (nSPS) is 10.4. The Bertz CT molecular complexity index is 8370. The number of fused-ring (bicyclic) bond motifs is 6. The Morgan fingerprint density at radius 2 is 0.392 bits per heavy atom. The van der Waals surface area contributed by atoms with Crippen molar-refractivity contribution in [1.29, 1.82) is 0 Å².